The first-order valence-electron chi connectivity index (χ1n) is 4.97. The maximum atomic E-state index is 5.61. The minimum absolute atomic E-state index is 0.464. The van der Waals surface area contributed by atoms with Gasteiger partial charge in [0.1, 0.15) is 5.76 Å². The highest BCUT2D eigenvalue weighted by molar-refractivity contribution is 5.10. The molecule has 0 saturated heterocycles. The zero-order valence-electron chi connectivity index (χ0n) is 8.05. The fraction of sp³-hybridized carbons (Fsp3) is 0.700. The maximum Gasteiger partial charge on any atom is 0.197 e. The van der Waals surface area contributed by atoms with Gasteiger partial charge in [-0.05, 0) is 19.8 Å². The maximum absolute atomic E-state index is 5.61. The number of nitrogens with two attached hydrogens (primary N) is 1. The Morgan fingerprint density at radius 1 is 1.46 bits per heavy atom. The van der Waals surface area contributed by atoms with Gasteiger partial charge < -0.3 is 10.2 Å². The van der Waals surface area contributed by atoms with Gasteiger partial charge in [0.15, 0.2) is 5.89 Å². The molecule has 1 fully saturated rings. The van der Waals surface area contributed by atoms with Gasteiger partial charge in [-0.15, -0.1) is 0 Å². The Morgan fingerprint density at radius 3 is 2.69 bits per heavy atom. The molecule has 1 aromatic rings. The van der Waals surface area contributed by atoms with E-state index in [0.717, 1.165) is 17.3 Å². The lowest BCUT2D eigenvalue weighted by Gasteiger charge is -2.01. The van der Waals surface area contributed by atoms with Crippen LogP contribution in [0.15, 0.2) is 4.42 Å². The second-order valence-electron chi connectivity index (χ2n) is 3.75. The monoisotopic (exact) mass is 180 g/mol. The van der Waals surface area contributed by atoms with Crippen LogP contribution in [0.2, 0.25) is 0 Å². The van der Waals surface area contributed by atoms with Gasteiger partial charge in [0, 0.05) is 5.92 Å². The second kappa shape index (κ2) is 3.50. The molecule has 1 aromatic heterocycles. The van der Waals surface area contributed by atoms with Gasteiger partial charge in [0.05, 0.1) is 12.2 Å². The van der Waals surface area contributed by atoms with E-state index >= 15 is 0 Å². The first kappa shape index (κ1) is 8.75. The third-order valence-electron chi connectivity index (χ3n) is 2.80. The predicted molar refractivity (Wildman–Crippen MR) is 50.3 cm³/mol. The Balaban J connectivity index is 2.20. The molecule has 72 valence electrons. The molecule has 0 amide bonds. The number of hydrogen-bond acceptors (Lipinski definition) is 3. The van der Waals surface area contributed by atoms with Crippen LogP contribution in [-0.4, -0.2) is 4.98 Å². The summed E-state index contributed by atoms with van der Waals surface area (Å²) in [6.45, 7) is 2.43. The first-order chi connectivity index (χ1) is 6.31. The molecule has 1 saturated carbocycles. The van der Waals surface area contributed by atoms with E-state index in [0.29, 0.717) is 12.5 Å². The zero-order chi connectivity index (χ0) is 9.26. The molecular weight excluding hydrogens is 164 g/mol. The molecular formula is C10H16N2O. The number of nitrogens with zero attached hydrogens (tertiary/aromatic N) is 1. The van der Waals surface area contributed by atoms with Crippen LogP contribution < -0.4 is 5.73 Å². The molecule has 1 aliphatic rings. The van der Waals surface area contributed by atoms with E-state index in [-0.39, 0.29) is 0 Å². The molecule has 2 rings (SSSR count). The van der Waals surface area contributed by atoms with Crippen molar-refractivity contribution in [2.75, 3.05) is 0 Å². The molecule has 0 radical (unpaired) electrons. The SMILES string of the molecule is Cc1nc(C2CCCC2)oc1CN. The quantitative estimate of drug-likeness (QED) is 0.758. The van der Waals surface area contributed by atoms with Crippen LogP contribution in [0.25, 0.3) is 0 Å². The van der Waals surface area contributed by atoms with Gasteiger partial charge in [-0.1, -0.05) is 12.8 Å². The lowest BCUT2D eigenvalue weighted by Crippen LogP contribution is -1.95. The lowest BCUT2D eigenvalue weighted by atomic mass is 10.1. The third kappa shape index (κ3) is 1.61. The fourth-order valence-corrected chi connectivity index (χ4v) is 1.99. The molecule has 3 heteroatoms. The number of rotatable bonds is 2. The highest BCUT2D eigenvalue weighted by atomic mass is 16.4. The predicted octanol–water partition coefficient (Wildman–Crippen LogP) is 2.10. The second-order valence-corrected chi connectivity index (χ2v) is 3.75. The van der Waals surface area contributed by atoms with Crippen LogP contribution in [0, 0.1) is 6.92 Å². The summed E-state index contributed by atoms with van der Waals surface area (Å²) in [7, 11) is 0. The number of oxazole rings is 1. The van der Waals surface area contributed by atoms with Crippen LogP contribution in [-0.2, 0) is 6.54 Å². The van der Waals surface area contributed by atoms with Gasteiger partial charge in [-0.25, -0.2) is 4.98 Å². The molecule has 0 bridgehead atoms. The highest BCUT2D eigenvalue weighted by Crippen LogP contribution is 2.34. The van der Waals surface area contributed by atoms with E-state index in [1.165, 1.54) is 25.7 Å². The van der Waals surface area contributed by atoms with Gasteiger partial charge >= 0.3 is 0 Å². The molecule has 1 aliphatic carbocycles. The summed E-state index contributed by atoms with van der Waals surface area (Å²) in [6, 6.07) is 0. The minimum atomic E-state index is 0.464. The number of aromatic nitrogens is 1. The summed E-state index contributed by atoms with van der Waals surface area (Å²) in [5, 5.41) is 0. The molecule has 0 aliphatic heterocycles. The molecule has 3 nitrogen and oxygen atoms in total. The van der Waals surface area contributed by atoms with Gasteiger partial charge in [-0.2, -0.15) is 0 Å². The summed E-state index contributed by atoms with van der Waals surface area (Å²) in [5.41, 5.74) is 6.49. The molecule has 0 atom stereocenters. The van der Waals surface area contributed by atoms with Crippen molar-refractivity contribution >= 4 is 0 Å². The Bertz CT molecular complexity index is 287. The molecule has 0 spiro atoms. The Kier molecular flexibility index (Phi) is 2.36. The average molecular weight is 180 g/mol. The molecule has 1 heterocycles. The van der Waals surface area contributed by atoms with E-state index in [1.54, 1.807) is 0 Å². The summed E-state index contributed by atoms with van der Waals surface area (Å²) >= 11 is 0. The third-order valence-corrected chi connectivity index (χ3v) is 2.80. The van der Waals surface area contributed by atoms with Gasteiger partial charge in [-0.3, -0.25) is 0 Å². The van der Waals surface area contributed by atoms with Crippen molar-refractivity contribution in [3.8, 4) is 0 Å². The normalized spacial score (nSPS) is 18.3. The molecule has 0 aromatic carbocycles. The molecule has 0 unspecified atom stereocenters. The van der Waals surface area contributed by atoms with Crippen LogP contribution in [0.5, 0.6) is 0 Å². The van der Waals surface area contributed by atoms with Crippen molar-refractivity contribution in [1.29, 1.82) is 0 Å². The molecule has 13 heavy (non-hydrogen) atoms. The summed E-state index contributed by atoms with van der Waals surface area (Å²) in [5.74, 6) is 2.32. The Labute approximate surface area is 78.3 Å². The summed E-state index contributed by atoms with van der Waals surface area (Å²) < 4.78 is 5.61. The van der Waals surface area contributed by atoms with Crippen LogP contribution in [0.3, 0.4) is 0 Å². The summed E-state index contributed by atoms with van der Waals surface area (Å²) in [4.78, 5) is 4.42. The van der Waals surface area contributed by atoms with Crippen molar-refractivity contribution in [3.05, 3.63) is 17.3 Å². The van der Waals surface area contributed by atoms with Crippen LogP contribution >= 0.6 is 0 Å². The van der Waals surface area contributed by atoms with E-state index in [4.69, 9.17) is 10.2 Å². The highest BCUT2D eigenvalue weighted by Gasteiger charge is 2.22. The Morgan fingerprint density at radius 2 is 2.15 bits per heavy atom. The standard InChI is InChI=1S/C10H16N2O/c1-7-9(6-11)13-10(12-7)8-4-2-3-5-8/h8H,2-6,11H2,1H3. The van der Waals surface area contributed by atoms with Crippen LogP contribution in [0.1, 0.15) is 48.9 Å². The Hall–Kier alpha value is -0.830. The van der Waals surface area contributed by atoms with Crippen molar-refractivity contribution in [1.82, 2.24) is 4.98 Å². The van der Waals surface area contributed by atoms with Crippen molar-refractivity contribution in [2.45, 2.75) is 45.1 Å². The van der Waals surface area contributed by atoms with Crippen molar-refractivity contribution < 1.29 is 4.42 Å². The van der Waals surface area contributed by atoms with Crippen molar-refractivity contribution in [3.63, 3.8) is 0 Å². The molecule has 2 N–H and O–H groups in total. The summed E-state index contributed by atoms with van der Waals surface area (Å²) in [6.07, 6.45) is 5.07. The fourth-order valence-electron chi connectivity index (χ4n) is 1.99. The zero-order valence-corrected chi connectivity index (χ0v) is 8.05. The largest absolute Gasteiger partial charge is 0.444 e. The van der Waals surface area contributed by atoms with E-state index in [2.05, 4.69) is 4.98 Å². The van der Waals surface area contributed by atoms with E-state index < -0.39 is 0 Å². The van der Waals surface area contributed by atoms with Crippen LogP contribution in [0.4, 0.5) is 0 Å². The van der Waals surface area contributed by atoms with Gasteiger partial charge in [0.2, 0.25) is 0 Å². The number of aryl methyl sites for hydroxylation is 1. The topological polar surface area (TPSA) is 52.0 Å². The minimum Gasteiger partial charge on any atom is -0.444 e. The van der Waals surface area contributed by atoms with E-state index in [9.17, 15) is 0 Å². The smallest absolute Gasteiger partial charge is 0.197 e. The average Bonchev–Trinajstić information content (AvgIpc) is 2.71. The number of hydrogen-bond donors (Lipinski definition) is 1. The first-order valence-corrected chi connectivity index (χ1v) is 4.97. The lowest BCUT2D eigenvalue weighted by molar-refractivity contribution is 0.419. The van der Waals surface area contributed by atoms with E-state index in [1.807, 2.05) is 6.92 Å². The van der Waals surface area contributed by atoms with Crippen molar-refractivity contribution in [2.24, 2.45) is 5.73 Å². The van der Waals surface area contributed by atoms with Gasteiger partial charge in [0.25, 0.3) is 0 Å².